The summed E-state index contributed by atoms with van der Waals surface area (Å²) in [5.41, 5.74) is 2.17. The van der Waals surface area contributed by atoms with E-state index in [9.17, 15) is 27.6 Å². The second kappa shape index (κ2) is 18.1. The first-order valence-electron chi connectivity index (χ1n) is 16.3. The Morgan fingerprint density at radius 1 is 0.776 bits per heavy atom. The molecule has 0 spiro atoms. The van der Waals surface area contributed by atoms with Gasteiger partial charge in [0.15, 0.2) is 0 Å². The average molecular weight is 693 g/mol. The summed E-state index contributed by atoms with van der Waals surface area (Å²) in [4.78, 5) is 52.5. The first kappa shape index (κ1) is 38.7. The molecule has 0 aliphatic carbocycles. The molecule has 3 rings (SSSR count). The summed E-state index contributed by atoms with van der Waals surface area (Å²) in [6, 6.07) is 20.9. The van der Waals surface area contributed by atoms with E-state index in [2.05, 4.69) is 26.6 Å². The van der Waals surface area contributed by atoms with Crippen LogP contribution in [0.25, 0.3) is 0 Å². The van der Waals surface area contributed by atoms with Crippen LogP contribution in [0.1, 0.15) is 72.0 Å². The molecule has 0 aliphatic rings. The van der Waals surface area contributed by atoms with E-state index >= 15 is 0 Å². The van der Waals surface area contributed by atoms with Gasteiger partial charge in [0.25, 0.3) is 11.8 Å². The van der Waals surface area contributed by atoms with Gasteiger partial charge in [0.1, 0.15) is 6.04 Å². The average Bonchev–Trinajstić information content (AvgIpc) is 3.09. The van der Waals surface area contributed by atoms with E-state index < -0.39 is 40.0 Å². The van der Waals surface area contributed by atoms with Gasteiger partial charge in [0, 0.05) is 37.3 Å². The molecule has 0 saturated heterocycles. The molecule has 0 fully saturated rings. The number of hydrogen-bond donors (Lipinski definition) is 5. The van der Waals surface area contributed by atoms with Crippen LogP contribution in [-0.4, -0.2) is 76.6 Å². The number of carbonyl (C=O) groups is 4. The molecule has 5 N–H and O–H groups in total. The lowest BCUT2D eigenvalue weighted by Crippen LogP contribution is -2.53. The molecule has 0 aliphatic heterocycles. The van der Waals surface area contributed by atoms with Crippen molar-refractivity contribution in [3.8, 4) is 0 Å². The topological polar surface area (TPSA) is 166 Å². The highest BCUT2D eigenvalue weighted by molar-refractivity contribution is 7.92. The van der Waals surface area contributed by atoms with Crippen molar-refractivity contribution in [2.75, 3.05) is 30.7 Å². The van der Waals surface area contributed by atoms with E-state index in [0.717, 1.165) is 21.7 Å². The van der Waals surface area contributed by atoms with Crippen molar-refractivity contribution in [2.45, 2.75) is 64.7 Å². The minimum atomic E-state index is -3.72. The smallest absolute Gasteiger partial charge is 0.251 e. The minimum absolute atomic E-state index is 0.0853. The molecule has 0 aromatic heterocycles. The highest BCUT2D eigenvalue weighted by Crippen LogP contribution is 2.22. The Bertz CT molecular complexity index is 1690. The number of nitrogens with zero attached hydrogens (tertiary/aromatic N) is 1. The number of rotatable bonds is 17. The standard InChI is InChI=1S/C36H48N6O6S/c1-7-32(36(46)37-8-2)41-33(43)25(4)38-23-30(19-26-15-11-9-12-16-26)40-35(45)29-20-28(21-31(22-29)42(5)49(6,47)48)34(44)39-24(3)27-17-13-10-14-18-27/h9-18,20-22,24-25,30,32,38H,7-8,19,23H2,1-6H3,(H,37,46)(H,39,44)(H,40,45)(H,41,43)/t24-,25?,30+,32+/m1/s1. The molecule has 0 saturated carbocycles. The molecule has 12 nitrogen and oxygen atoms in total. The number of amides is 4. The third-order valence-corrected chi connectivity index (χ3v) is 9.27. The quantitative estimate of drug-likeness (QED) is 0.145. The van der Waals surface area contributed by atoms with Gasteiger partial charge in [-0.1, -0.05) is 67.6 Å². The van der Waals surface area contributed by atoms with Crippen molar-refractivity contribution in [1.29, 1.82) is 0 Å². The molecule has 0 radical (unpaired) electrons. The lowest BCUT2D eigenvalue weighted by molar-refractivity contribution is -0.129. The van der Waals surface area contributed by atoms with Crippen molar-refractivity contribution < 1.29 is 27.6 Å². The van der Waals surface area contributed by atoms with E-state index in [0.29, 0.717) is 19.4 Å². The number of nitrogens with one attached hydrogen (secondary N) is 5. The lowest BCUT2D eigenvalue weighted by Gasteiger charge is -2.24. The zero-order valence-corrected chi connectivity index (χ0v) is 29.8. The van der Waals surface area contributed by atoms with Crippen LogP contribution in [0.3, 0.4) is 0 Å². The van der Waals surface area contributed by atoms with Gasteiger partial charge in [-0.2, -0.15) is 0 Å². The van der Waals surface area contributed by atoms with E-state index in [1.807, 2.05) is 74.5 Å². The maximum Gasteiger partial charge on any atom is 0.251 e. The van der Waals surface area contributed by atoms with E-state index in [1.54, 1.807) is 13.8 Å². The minimum Gasteiger partial charge on any atom is -0.355 e. The van der Waals surface area contributed by atoms with Crippen molar-refractivity contribution in [1.82, 2.24) is 26.6 Å². The molecule has 3 aromatic rings. The molecular weight excluding hydrogens is 644 g/mol. The van der Waals surface area contributed by atoms with Crippen LogP contribution in [0.15, 0.2) is 78.9 Å². The zero-order chi connectivity index (χ0) is 36.1. The second-order valence-electron chi connectivity index (χ2n) is 12.0. The Labute approximate surface area is 289 Å². The summed E-state index contributed by atoms with van der Waals surface area (Å²) in [5, 5.41) is 14.6. The van der Waals surface area contributed by atoms with Crippen LogP contribution in [-0.2, 0) is 26.0 Å². The van der Waals surface area contributed by atoms with Crippen molar-refractivity contribution in [3.63, 3.8) is 0 Å². The Hall–Kier alpha value is -4.75. The summed E-state index contributed by atoms with van der Waals surface area (Å²) in [5.74, 6) is -1.63. The monoisotopic (exact) mass is 692 g/mol. The Morgan fingerprint density at radius 2 is 1.35 bits per heavy atom. The van der Waals surface area contributed by atoms with Gasteiger partial charge >= 0.3 is 0 Å². The van der Waals surface area contributed by atoms with E-state index in [1.165, 1.54) is 25.2 Å². The number of carbonyl (C=O) groups excluding carboxylic acids is 4. The van der Waals surface area contributed by atoms with Crippen LogP contribution in [0.4, 0.5) is 5.69 Å². The van der Waals surface area contributed by atoms with Crippen molar-refractivity contribution in [2.24, 2.45) is 0 Å². The molecule has 3 aromatic carbocycles. The third-order valence-electron chi connectivity index (χ3n) is 8.07. The second-order valence-corrected chi connectivity index (χ2v) is 14.0. The maximum atomic E-state index is 13.8. The Morgan fingerprint density at radius 3 is 1.90 bits per heavy atom. The van der Waals surface area contributed by atoms with Gasteiger partial charge in [-0.05, 0) is 62.9 Å². The highest BCUT2D eigenvalue weighted by Gasteiger charge is 2.24. The first-order chi connectivity index (χ1) is 23.2. The summed E-state index contributed by atoms with van der Waals surface area (Å²) < 4.78 is 25.9. The zero-order valence-electron chi connectivity index (χ0n) is 28.9. The van der Waals surface area contributed by atoms with Gasteiger partial charge in [-0.3, -0.25) is 23.5 Å². The first-order valence-corrected chi connectivity index (χ1v) is 18.2. The van der Waals surface area contributed by atoms with Gasteiger partial charge < -0.3 is 26.6 Å². The van der Waals surface area contributed by atoms with Gasteiger partial charge in [0.2, 0.25) is 21.8 Å². The van der Waals surface area contributed by atoms with E-state index in [4.69, 9.17) is 0 Å². The molecule has 49 heavy (non-hydrogen) atoms. The molecule has 13 heteroatoms. The van der Waals surface area contributed by atoms with Gasteiger partial charge in [-0.25, -0.2) is 8.42 Å². The Kier molecular flexibility index (Phi) is 14.3. The predicted molar refractivity (Wildman–Crippen MR) is 192 cm³/mol. The maximum absolute atomic E-state index is 13.8. The molecule has 1 unspecified atom stereocenters. The SMILES string of the molecule is CCNC(=O)[C@H](CC)NC(=O)C(C)NC[C@H](Cc1ccccc1)NC(=O)c1cc(C(=O)N[C@H](C)c2ccccc2)cc(N(C)S(C)(=O)=O)c1. The Balaban J connectivity index is 1.86. The number of likely N-dealkylation sites (N-methyl/N-ethyl adjacent to an activating group) is 1. The molecule has 0 bridgehead atoms. The fourth-order valence-electron chi connectivity index (χ4n) is 5.05. The van der Waals surface area contributed by atoms with Crippen LogP contribution >= 0.6 is 0 Å². The van der Waals surface area contributed by atoms with Gasteiger partial charge in [-0.15, -0.1) is 0 Å². The number of benzene rings is 3. The third kappa shape index (κ3) is 11.7. The molecular formula is C36H48N6O6S. The molecule has 0 heterocycles. The van der Waals surface area contributed by atoms with Crippen molar-refractivity contribution in [3.05, 3.63) is 101 Å². The largest absolute Gasteiger partial charge is 0.355 e. The normalized spacial score (nSPS) is 13.7. The summed E-state index contributed by atoms with van der Waals surface area (Å²) in [6.45, 7) is 7.76. The fourth-order valence-corrected chi connectivity index (χ4v) is 5.54. The fraction of sp³-hybridized carbons (Fsp3) is 0.389. The molecule has 4 atom stereocenters. The molecule has 264 valence electrons. The van der Waals surface area contributed by atoms with E-state index in [-0.39, 0.29) is 41.2 Å². The summed E-state index contributed by atoms with van der Waals surface area (Å²) in [6.07, 6.45) is 1.87. The number of anilines is 1. The van der Waals surface area contributed by atoms with Gasteiger partial charge in [0.05, 0.1) is 24.0 Å². The summed E-state index contributed by atoms with van der Waals surface area (Å²) in [7, 11) is -2.37. The molecule has 4 amide bonds. The van der Waals surface area contributed by atoms with Crippen molar-refractivity contribution >= 4 is 39.3 Å². The summed E-state index contributed by atoms with van der Waals surface area (Å²) >= 11 is 0. The van der Waals surface area contributed by atoms with Crippen LogP contribution in [0, 0.1) is 0 Å². The number of sulfonamides is 1. The number of hydrogen-bond acceptors (Lipinski definition) is 7. The lowest BCUT2D eigenvalue weighted by atomic mass is 10.0. The van der Waals surface area contributed by atoms with Crippen LogP contribution < -0.4 is 30.9 Å². The predicted octanol–water partition coefficient (Wildman–Crippen LogP) is 2.92. The van der Waals surface area contributed by atoms with Crippen LogP contribution in [0.2, 0.25) is 0 Å². The van der Waals surface area contributed by atoms with Crippen LogP contribution in [0.5, 0.6) is 0 Å². The highest BCUT2D eigenvalue weighted by atomic mass is 32.2.